The van der Waals surface area contributed by atoms with Crippen LogP contribution in [0.5, 0.6) is 11.5 Å². The molecule has 0 saturated heterocycles. The number of rotatable bonds is 4. The minimum atomic E-state index is -0.397. The smallest absolute Gasteiger partial charge is 0.259 e. The molecule has 0 spiro atoms. The predicted molar refractivity (Wildman–Crippen MR) is 128 cm³/mol. The van der Waals surface area contributed by atoms with Gasteiger partial charge in [-0.05, 0) is 48.0 Å². The number of fused-ring (bicyclic) bond motifs is 2. The molecule has 1 aliphatic rings. The van der Waals surface area contributed by atoms with Crippen LogP contribution < -0.4 is 15.0 Å². The Kier molecular flexibility index (Phi) is 5.93. The molecule has 0 atom stereocenters. The van der Waals surface area contributed by atoms with Crippen LogP contribution in [0.4, 0.5) is 5.69 Å². The zero-order valence-electron chi connectivity index (χ0n) is 17.9. The lowest BCUT2D eigenvalue weighted by atomic mass is 10.1. The molecular formula is C26H19ClN4O3. The largest absolute Gasteiger partial charge is 0.455 e. The molecule has 0 unspecified atom stereocenters. The lowest BCUT2D eigenvalue weighted by molar-refractivity contribution is 0.0930. The van der Waals surface area contributed by atoms with E-state index < -0.39 is 5.91 Å². The minimum Gasteiger partial charge on any atom is -0.455 e. The number of aromatic nitrogens is 2. The molecule has 2 aromatic heterocycles. The summed E-state index contributed by atoms with van der Waals surface area (Å²) in [6, 6.07) is 17.8. The molecule has 1 aliphatic heterocycles. The number of halogens is 1. The van der Waals surface area contributed by atoms with Gasteiger partial charge in [0.15, 0.2) is 5.75 Å². The SMILES string of the molecule is O=C(NCc1ccncc1)c1cnccc1C(=O)N1Cc2ccccc2Oc2ccc(Cl)cc21. The highest BCUT2D eigenvalue weighted by molar-refractivity contribution is 6.31. The van der Waals surface area contributed by atoms with Crippen molar-refractivity contribution < 1.29 is 14.3 Å². The van der Waals surface area contributed by atoms with Crippen LogP contribution in [-0.2, 0) is 13.1 Å². The van der Waals surface area contributed by atoms with Gasteiger partial charge in [0.05, 0.1) is 23.4 Å². The summed E-state index contributed by atoms with van der Waals surface area (Å²) in [5.41, 5.74) is 2.66. The number of anilines is 1. The van der Waals surface area contributed by atoms with Crippen molar-refractivity contribution in [3.05, 3.63) is 113 Å². The van der Waals surface area contributed by atoms with Crippen LogP contribution in [-0.4, -0.2) is 21.8 Å². The van der Waals surface area contributed by atoms with E-state index in [4.69, 9.17) is 16.3 Å². The first-order chi connectivity index (χ1) is 16.6. The summed E-state index contributed by atoms with van der Waals surface area (Å²) in [5, 5.41) is 3.32. The molecule has 7 nitrogen and oxygen atoms in total. The second-order valence-electron chi connectivity index (χ2n) is 7.67. The normalized spacial score (nSPS) is 12.1. The monoisotopic (exact) mass is 470 g/mol. The van der Waals surface area contributed by atoms with Crippen LogP contribution >= 0.6 is 11.6 Å². The van der Waals surface area contributed by atoms with Crippen LogP contribution in [0.3, 0.4) is 0 Å². The fourth-order valence-corrected chi connectivity index (χ4v) is 3.93. The van der Waals surface area contributed by atoms with Gasteiger partial charge in [0.1, 0.15) is 5.75 Å². The molecule has 5 rings (SSSR count). The molecule has 168 valence electrons. The van der Waals surface area contributed by atoms with Crippen LogP contribution in [0.2, 0.25) is 5.02 Å². The fourth-order valence-electron chi connectivity index (χ4n) is 3.76. The Balaban J connectivity index is 1.50. The number of benzene rings is 2. The van der Waals surface area contributed by atoms with E-state index >= 15 is 0 Å². The topological polar surface area (TPSA) is 84.4 Å². The maximum absolute atomic E-state index is 13.8. The van der Waals surface area contributed by atoms with Gasteiger partial charge in [-0.15, -0.1) is 0 Å². The van der Waals surface area contributed by atoms with E-state index in [1.165, 1.54) is 12.4 Å². The number of carbonyl (C=O) groups excluding carboxylic acids is 2. The molecule has 2 aromatic carbocycles. The summed E-state index contributed by atoms with van der Waals surface area (Å²) < 4.78 is 6.09. The van der Waals surface area contributed by atoms with E-state index in [0.717, 1.165) is 11.1 Å². The minimum absolute atomic E-state index is 0.184. The number of amides is 2. The number of nitrogens with one attached hydrogen (secondary N) is 1. The molecule has 0 saturated carbocycles. The third-order valence-corrected chi connectivity index (χ3v) is 5.71. The summed E-state index contributed by atoms with van der Waals surface area (Å²) in [4.78, 5) is 36.5. The standard InChI is InChI=1S/C26H19ClN4O3/c27-19-5-6-24-22(13-19)31(16-18-3-1-2-4-23(18)34-24)26(33)20-9-12-29-15-21(20)25(32)30-14-17-7-10-28-11-8-17/h1-13,15H,14,16H2,(H,30,32). The predicted octanol–water partition coefficient (Wildman–Crippen LogP) is 5.01. The molecule has 3 heterocycles. The number of hydrogen-bond donors (Lipinski definition) is 1. The number of carbonyl (C=O) groups is 2. The lowest BCUT2D eigenvalue weighted by Crippen LogP contribution is -2.33. The van der Waals surface area contributed by atoms with Crippen molar-refractivity contribution in [2.24, 2.45) is 0 Å². The first kappa shape index (κ1) is 21.6. The first-order valence-electron chi connectivity index (χ1n) is 10.6. The van der Waals surface area contributed by atoms with E-state index in [9.17, 15) is 9.59 Å². The van der Waals surface area contributed by atoms with Gasteiger partial charge in [-0.1, -0.05) is 29.8 Å². The van der Waals surface area contributed by atoms with Gasteiger partial charge in [-0.25, -0.2) is 0 Å². The van der Waals surface area contributed by atoms with Crippen LogP contribution in [0, 0.1) is 0 Å². The molecule has 4 aromatic rings. The van der Waals surface area contributed by atoms with Gasteiger partial charge in [-0.2, -0.15) is 0 Å². The van der Waals surface area contributed by atoms with Gasteiger partial charge >= 0.3 is 0 Å². The average Bonchev–Trinajstić information content (AvgIpc) is 3.04. The average molecular weight is 471 g/mol. The molecule has 0 fully saturated rings. The van der Waals surface area contributed by atoms with Crippen molar-refractivity contribution in [2.75, 3.05) is 4.90 Å². The highest BCUT2D eigenvalue weighted by atomic mass is 35.5. The van der Waals surface area contributed by atoms with E-state index in [1.807, 2.05) is 36.4 Å². The highest BCUT2D eigenvalue weighted by Gasteiger charge is 2.29. The second kappa shape index (κ2) is 9.33. The molecule has 0 bridgehead atoms. The summed E-state index contributed by atoms with van der Waals surface area (Å²) >= 11 is 6.27. The molecule has 8 heteroatoms. The lowest BCUT2D eigenvalue weighted by Gasteiger charge is -2.23. The third kappa shape index (κ3) is 4.33. The number of hydrogen-bond acceptors (Lipinski definition) is 5. The highest BCUT2D eigenvalue weighted by Crippen LogP contribution is 2.41. The number of para-hydroxylation sites is 1. The Bertz CT molecular complexity index is 1380. The fraction of sp³-hybridized carbons (Fsp3) is 0.0769. The Morgan fingerprint density at radius 2 is 1.74 bits per heavy atom. The zero-order valence-corrected chi connectivity index (χ0v) is 18.7. The summed E-state index contributed by atoms with van der Waals surface area (Å²) in [5.74, 6) is 0.401. The molecule has 1 N–H and O–H groups in total. The van der Waals surface area contributed by atoms with Crippen LogP contribution in [0.25, 0.3) is 0 Å². The first-order valence-corrected chi connectivity index (χ1v) is 11.0. The number of pyridine rings is 2. The van der Waals surface area contributed by atoms with Crippen molar-refractivity contribution in [1.82, 2.24) is 15.3 Å². The number of nitrogens with zero attached hydrogens (tertiary/aromatic N) is 3. The van der Waals surface area contributed by atoms with Crippen molar-refractivity contribution in [3.8, 4) is 11.5 Å². The van der Waals surface area contributed by atoms with Gasteiger partial charge in [0, 0.05) is 41.9 Å². The maximum atomic E-state index is 13.8. The molecule has 2 amide bonds. The van der Waals surface area contributed by atoms with E-state index in [-0.39, 0.29) is 23.6 Å². The molecule has 34 heavy (non-hydrogen) atoms. The van der Waals surface area contributed by atoms with Crippen molar-refractivity contribution in [1.29, 1.82) is 0 Å². The molecule has 0 aliphatic carbocycles. The maximum Gasteiger partial charge on any atom is 0.259 e. The van der Waals surface area contributed by atoms with Gasteiger partial charge in [0.2, 0.25) is 0 Å². The zero-order chi connectivity index (χ0) is 23.5. The van der Waals surface area contributed by atoms with Crippen LogP contribution in [0.15, 0.2) is 85.5 Å². The third-order valence-electron chi connectivity index (χ3n) is 5.48. The Morgan fingerprint density at radius 1 is 0.941 bits per heavy atom. The second-order valence-corrected chi connectivity index (χ2v) is 8.11. The van der Waals surface area contributed by atoms with E-state index in [0.29, 0.717) is 28.8 Å². The Hall–Kier alpha value is -4.23. The van der Waals surface area contributed by atoms with Gasteiger partial charge in [-0.3, -0.25) is 19.6 Å². The van der Waals surface area contributed by atoms with Gasteiger partial charge < -0.3 is 15.0 Å². The Labute approximate surface area is 201 Å². The van der Waals surface area contributed by atoms with Crippen molar-refractivity contribution >= 4 is 29.1 Å². The summed E-state index contributed by atoms with van der Waals surface area (Å²) in [7, 11) is 0. The van der Waals surface area contributed by atoms with Gasteiger partial charge in [0.25, 0.3) is 11.8 Å². The van der Waals surface area contributed by atoms with E-state index in [1.54, 1.807) is 41.6 Å². The molecular weight excluding hydrogens is 452 g/mol. The summed E-state index contributed by atoms with van der Waals surface area (Å²) in [6.07, 6.45) is 6.20. The summed E-state index contributed by atoms with van der Waals surface area (Å²) in [6.45, 7) is 0.552. The quantitative estimate of drug-likeness (QED) is 0.453. The molecule has 0 radical (unpaired) electrons. The Morgan fingerprint density at radius 3 is 2.59 bits per heavy atom. The van der Waals surface area contributed by atoms with Crippen molar-refractivity contribution in [2.45, 2.75) is 13.1 Å². The van der Waals surface area contributed by atoms with Crippen molar-refractivity contribution in [3.63, 3.8) is 0 Å². The number of ether oxygens (including phenoxy) is 1. The van der Waals surface area contributed by atoms with E-state index in [2.05, 4.69) is 15.3 Å². The van der Waals surface area contributed by atoms with Crippen LogP contribution in [0.1, 0.15) is 31.8 Å².